The minimum Gasteiger partial charge on any atom is -0.482 e. The van der Waals surface area contributed by atoms with E-state index in [2.05, 4.69) is 26.0 Å². The third-order valence-corrected chi connectivity index (χ3v) is 5.18. The molecule has 0 aliphatic carbocycles. The average Bonchev–Trinajstić information content (AvgIpc) is 2.49. The summed E-state index contributed by atoms with van der Waals surface area (Å²) >= 11 is 3.34. The number of sulfonamides is 1. The molecule has 0 unspecified atom stereocenters. The van der Waals surface area contributed by atoms with Crippen molar-refractivity contribution >= 4 is 43.2 Å². The van der Waals surface area contributed by atoms with Crippen molar-refractivity contribution in [1.82, 2.24) is 0 Å². The van der Waals surface area contributed by atoms with Gasteiger partial charge in [-0.2, -0.15) is 0 Å². The Bertz CT molecular complexity index is 896. The summed E-state index contributed by atoms with van der Waals surface area (Å²) < 4.78 is 33.7. The van der Waals surface area contributed by atoms with E-state index in [0.29, 0.717) is 17.1 Å². The summed E-state index contributed by atoms with van der Waals surface area (Å²) in [6, 6.07) is 9.60. The van der Waals surface area contributed by atoms with Gasteiger partial charge in [0.15, 0.2) is 6.61 Å². The molecular weight excluding hydrogens is 384 g/mol. The molecule has 1 heterocycles. The van der Waals surface area contributed by atoms with Crippen LogP contribution in [-0.2, 0) is 14.8 Å². The number of anilines is 2. The summed E-state index contributed by atoms with van der Waals surface area (Å²) in [5.74, 6) is 0.132. The third kappa shape index (κ3) is 3.32. The first-order chi connectivity index (χ1) is 10.8. The molecule has 6 nitrogen and oxygen atoms in total. The van der Waals surface area contributed by atoms with Gasteiger partial charge in [-0.15, -0.1) is 0 Å². The van der Waals surface area contributed by atoms with E-state index in [1.807, 2.05) is 13.0 Å². The molecule has 0 bridgehead atoms. The predicted octanol–water partition coefficient (Wildman–Crippen LogP) is 2.89. The van der Waals surface area contributed by atoms with Gasteiger partial charge in [0.25, 0.3) is 15.9 Å². The topological polar surface area (TPSA) is 84.5 Å². The second kappa shape index (κ2) is 5.86. The summed E-state index contributed by atoms with van der Waals surface area (Å²) in [6.07, 6.45) is 0. The van der Waals surface area contributed by atoms with Crippen molar-refractivity contribution in [3.05, 3.63) is 46.4 Å². The van der Waals surface area contributed by atoms with E-state index in [9.17, 15) is 13.2 Å². The molecule has 120 valence electrons. The summed E-state index contributed by atoms with van der Waals surface area (Å²) in [6.45, 7) is 1.74. The summed E-state index contributed by atoms with van der Waals surface area (Å²) in [5, 5.41) is 2.59. The van der Waals surface area contributed by atoms with Crippen LogP contribution in [0.5, 0.6) is 5.75 Å². The lowest BCUT2D eigenvalue weighted by molar-refractivity contribution is -0.118. The molecule has 8 heteroatoms. The molecule has 2 N–H and O–H groups in total. The number of hydrogen-bond donors (Lipinski definition) is 2. The van der Waals surface area contributed by atoms with Crippen LogP contribution in [-0.4, -0.2) is 20.9 Å². The largest absolute Gasteiger partial charge is 0.482 e. The van der Waals surface area contributed by atoms with Crippen molar-refractivity contribution in [3.8, 4) is 5.75 Å². The van der Waals surface area contributed by atoms with Crippen LogP contribution in [0.15, 0.2) is 45.8 Å². The summed E-state index contributed by atoms with van der Waals surface area (Å²) in [7, 11) is -3.77. The smallest absolute Gasteiger partial charge is 0.262 e. The number of rotatable bonds is 3. The van der Waals surface area contributed by atoms with E-state index in [4.69, 9.17) is 4.74 Å². The molecule has 3 rings (SSSR count). The highest BCUT2D eigenvalue weighted by Gasteiger charge is 2.21. The van der Waals surface area contributed by atoms with Crippen molar-refractivity contribution in [2.45, 2.75) is 11.8 Å². The Morgan fingerprint density at radius 1 is 1.22 bits per heavy atom. The standard InChI is InChI=1S/C15H13BrN2O4S/c1-9-6-10(16)2-4-12(9)18-23(20,21)11-3-5-14-13(7-11)17-15(19)8-22-14/h2-7,18H,8H2,1H3,(H,17,19). The van der Waals surface area contributed by atoms with Gasteiger partial charge in [0.2, 0.25) is 0 Å². The van der Waals surface area contributed by atoms with Gasteiger partial charge in [-0.3, -0.25) is 9.52 Å². The van der Waals surface area contributed by atoms with Gasteiger partial charge in [0.05, 0.1) is 16.3 Å². The zero-order valence-electron chi connectivity index (χ0n) is 12.1. The number of amides is 1. The number of hydrogen-bond acceptors (Lipinski definition) is 4. The van der Waals surface area contributed by atoms with Crippen molar-refractivity contribution in [2.75, 3.05) is 16.6 Å². The molecule has 0 saturated heterocycles. The summed E-state index contributed by atoms with van der Waals surface area (Å²) in [4.78, 5) is 11.4. The van der Waals surface area contributed by atoms with Crippen LogP contribution in [0.3, 0.4) is 0 Å². The summed E-state index contributed by atoms with van der Waals surface area (Å²) in [5.41, 5.74) is 1.63. The Balaban J connectivity index is 1.93. The number of benzene rings is 2. The molecule has 0 fully saturated rings. The fourth-order valence-corrected chi connectivity index (χ4v) is 3.81. The van der Waals surface area contributed by atoms with E-state index < -0.39 is 10.0 Å². The molecule has 0 atom stereocenters. The highest BCUT2D eigenvalue weighted by molar-refractivity contribution is 9.10. The SMILES string of the molecule is Cc1cc(Br)ccc1NS(=O)(=O)c1ccc2c(c1)NC(=O)CO2. The van der Waals surface area contributed by atoms with Crippen molar-refractivity contribution in [3.63, 3.8) is 0 Å². The van der Waals surface area contributed by atoms with Crippen molar-refractivity contribution in [1.29, 1.82) is 0 Å². The molecular formula is C15H13BrN2O4S. The van der Waals surface area contributed by atoms with Crippen LogP contribution in [0.1, 0.15) is 5.56 Å². The molecule has 23 heavy (non-hydrogen) atoms. The molecule has 1 aliphatic heterocycles. The monoisotopic (exact) mass is 396 g/mol. The number of halogens is 1. The van der Waals surface area contributed by atoms with Gasteiger partial charge < -0.3 is 10.1 Å². The Morgan fingerprint density at radius 2 is 2.00 bits per heavy atom. The van der Waals surface area contributed by atoms with Crippen LogP contribution in [0.4, 0.5) is 11.4 Å². The quantitative estimate of drug-likeness (QED) is 0.834. The first-order valence-electron chi connectivity index (χ1n) is 6.71. The lowest BCUT2D eigenvalue weighted by Gasteiger charge is -2.19. The molecule has 1 amide bonds. The van der Waals surface area contributed by atoms with Gasteiger partial charge in [-0.1, -0.05) is 15.9 Å². The molecule has 2 aromatic carbocycles. The Labute approximate surface area is 142 Å². The number of aryl methyl sites for hydroxylation is 1. The number of ether oxygens (including phenoxy) is 1. The molecule has 0 saturated carbocycles. The second-order valence-electron chi connectivity index (χ2n) is 5.06. The average molecular weight is 397 g/mol. The number of nitrogens with one attached hydrogen (secondary N) is 2. The normalized spacial score (nSPS) is 13.7. The highest BCUT2D eigenvalue weighted by atomic mass is 79.9. The Kier molecular flexibility index (Phi) is 4.03. The molecule has 2 aromatic rings. The van der Waals surface area contributed by atoms with Gasteiger partial charge in [-0.25, -0.2) is 8.42 Å². The zero-order valence-corrected chi connectivity index (χ0v) is 14.5. The van der Waals surface area contributed by atoms with Crippen LogP contribution in [0.2, 0.25) is 0 Å². The Morgan fingerprint density at radius 3 is 2.74 bits per heavy atom. The van der Waals surface area contributed by atoms with Crippen LogP contribution < -0.4 is 14.8 Å². The highest BCUT2D eigenvalue weighted by Crippen LogP contribution is 2.31. The van der Waals surface area contributed by atoms with E-state index in [1.165, 1.54) is 18.2 Å². The Hall–Kier alpha value is -2.06. The first kappa shape index (κ1) is 15.8. The molecule has 0 radical (unpaired) electrons. The lowest BCUT2D eigenvalue weighted by atomic mass is 10.2. The van der Waals surface area contributed by atoms with Crippen LogP contribution in [0.25, 0.3) is 0 Å². The van der Waals surface area contributed by atoms with Crippen LogP contribution in [0, 0.1) is 6.92 Å². The van der Waals surface area contributed by atoms with E-state index in [-0.39, 0.29) is 17.4 Å². The van der Waals surface area contributed by atoms with Gasteiger partial charge in [-0.05, 0) is 48.9 Å². The maximum atomic E-state index is 12.5. The predicted molar refractivity (Wildman–Crippen MR) is 90.3 cm³/mol. The minimum atomic E-state index is -3.77. The minimum absolute atomic E-state index is 0.0457. The number of fused-ring (bicyclic) bond motifs is 1. The first-order valence-corrected chi connectivity index (χ1v) is 8.98. The van der Waals surface area contributed by atoms with Crippen molar-refractivity contribution in [2.24, 2.45) is 0 Å². The van der Waals surface area contributed by atoms with Gasteiger partial charge in [0.1, 0.15) is 5.75 Å². The second-order valence-corrected chi connectivity index (χ2v) is 7.66. The van der Waals surface area contributed by atoms with Gasteiger partial charge in [0, 0.05) is 4.47 Å². The maximum Gasteiger partial charge on any atom is 0.262 e. The molecule has 0 aromatic heterocycles. The van der Waals surface area contributed by atoms with E-state index in [0.717, 1.165) is 10.0 Å². The van der Waals surface area contributed by atoms with E-state index >= 15 is 0 Å². The van der Waals surface area contributed by atoms with Gasteiger partial charge >= 0.3 is 0 Å². The molecule has 0 spiro atoms. The fraction of sp³-hybridized carbons (Fsp3) is 0.133. The third-order valence-electron chi connectivity index (χ3n) is 3.33. The number of carbonyl (C=O) groups is 1. The van der Waals surface area contributed by atoms with Crippen LogP contribution >= 0.6 is 15.9 Å². The maximum absolute atomic E-state index is 12.5. The van der Waals surface area contributed by atoms with E-state index in [1.54, 1.807) is 12.1 Å². The molecule has 1 aliphatic rings. The fourth-order valence-electron chi connectivity index (χ4n) is 2.17. The van der Waals surface area contributed by atoms with Crippen molar-refractivity contribution < 1.29 is 17.9 Å². The zero-order chi connectivity index (χ0) is 16.6. The lowest BCUT2D eigenvalue weighted by Crippen LogP contribution is -2.25. The number of carbonyl (C=O) groups excluding carboxylic acids is 1.